The zero-order valence-corrected chi connectivity index (χ0v) is 20.5. The molecule has 0 saturated heterocycles. The smallest absolute Gasteiger partial charge is 0.244 e. The Bertz CT molecular complexity index is 1130. The summed E-state index contributed by atoms with van der Waals surface area (Å²) in [5, 5.41) is 4.75. The van der Waals surface area contributed by atoms with E-state index in [1.54, 1.807) is 19.4 Å². The van der Waals surface area contributed by atoms with Crippen molar-refractivity contribution in [2.45, 2.75) is 26.9 Å². The van der Waals surface area contributed by atoms with Crippen LogP contribution in [0, 0.1) is 13.8 Å². The van der Waals surface area contributed by atoms with Crippen molar-refractivity contribution in [3.8, 4) is 11.5 Å². The highest BCUT2D eigenvalue weighted by Gasteiger charge is 2.12. The number of hydrogen-bond acceptors (Lipinski definition) is 4. The van der Waals surface area contributed by atoms with Crippen LogP contribution >= 0.6 is 27.5 Å². The minimum atomic E-state index is -0.182. The molecule has 0 unspecified atom stereocenters. The molecule has 0 bridgehead atoms. The second kappa shape index (κ2) is 11.2. The first-order chi connectivity index (χ1) is 15.4. The van der Waals surface area contributed by atoms with E-state index >= 15 is 0 Å². The molecule has 32 heavy (non-hydrogen) atoms. The van der Waals surface area contributed by atoms with E-state index in [0.29, 0.717) is 27.6 Å². The van der Waals surface area contributed by atoms with Gasteiger partial charge in [0.15, 0.2) is 11.5 Å². The van der Waals surface area contributed by atoms with Crippen molar-refractivity contribution in [1.82, 2.24) is 5.43 Å². The van der Waals surface area contributed by atoms with Crippen molar-refractivity contribution in [3.05, 3.63) is 91.9 Å². The monoisotopic (exact) mass is 514 g/mol. The molecular formula is C25H24BrClN2O3. The normalized spacial score (nSPS) is 10.9. The third-order valence-corrected chi connectivity index (χ3v) is 5.73. The largest absolute Gasteiger partial charge is 0.493 e. The van der Waals surface area contributed by atoms with E-state index in [4.69, 9.17) is 21.1 Å². The fourth-order valence-corrected chi connectivity index (χ4v) is 3.71. The number of nitrogens with zero attached hydrogens (tertiary/aromatic N) is 1. The van der Waals surface area contributed by atoms with Gasteiger partial charge < -0.3 is 9.47 Å². The predicted octanol–water partition coefficient (Wildman–Crippen LogP) is 6.00. The Kier molecular flexibility index (Phi) is 8.31. The van der Waals surface area contributed by atoms with E-state index in [2.05, 4.69) is 26.5 Å². The number of aryl methyl sites for hydroxylation is 2. The zero-order chi connectivity index (χ0) is 23.1. The van der Waals surface area contributed by atoms with Gasteiger partial charge in [-0.3, -0.25) is 4.79 Å². The van der Waals surface area contributed by atoms with E-state index in [1.165, 1.54) is 5.56 Å². The molecule has 5 nitrogen and oxygen atoms in total. The van der Waals surface area contributed by atoms with Crippen molar-refractivity contribution in [1.29, 1.82) is 0 Å². The van der Waals surface area contributed by atoms with Gasteiger partial charge in [-0.2, -0.15) is 5.10 Å². The second-order valence-corrected chi connectivity index (χ2v) is 8.63. The first-order valence-corrected chi connectivity index (χ1v) is 11.2. The maximum Gasteiger partial charge on any atom is 0.244 e. The molecule has 166 valence electrons. The average Bonchev–Trinajstić information content (AvgIpc) is 2.76. The molecule has 0 aliphatic heterocycles. The number of carbonyl (C=O) groups is 1. The molecule has 0 fully saturated rings. The molecule has 3 aromatic rings. The quantitative estimate of drug-likeness (QED) is 0.296. The van der Waals surface area contributed by atoms with Gasteiger partial charge >= 0.3 is 0 Å². The van der Waals surface area contributed by atoms with Gasteiger partial charge in [0.2, 0.25) is 5.91 Å². The van der Waals surface area contributed by atoms with E-state index < -0.39 is 0 Å². The maximum absolute atomic E-state index is 12.2. The molecule has 0 saturated carbocycles. The summed E-state index contributed by atoms with van der Waals surface area (Å²) in [6.45, 7) is 4.45. The lowest BCUT2D eigenvalue weighted by molar-refractivity contribution is -0.120. The molecule has 1 amide bonds. The summed E-state index contributed by atoms with van der Waals surface area (Å²) in [6.07, 6.45) is 1.83. The lowest BCUT2D eigenvalue weighted by atomic mass is 10.0. The SMILES string of the molecule is COc1cc(/C=N\NC(=O)Cc2ccc(C)c(C)c2)cc(Br)c1OCc1ccc(Cl)cc1. The number of halogens is 2. The number of methoxy groups -OCH3 is 1. The number of hydrogen-bond donors (Lipinski definition) is 1. The van der Waals surface area contributed by atoms with Crippen molar-refractivity contribution in [2.75, 3.05) is 7.11 Å². The van der Waals surface area contributed by atoms with Gasteiger partial charge in [-0.15, -0.1) is 0 Å². The average molecular weight is 516 g/mol. The van der Waals surface area contributed by atoms with Crippen molar-refractivity contribution >= 4 is 39.7 Å². The number of amides is 1. The summed E-state index contributed by atoms with van der Waals surface area (Å²) < 4.78 is 12.1. The number of hydrazone groups is 1. The molecule has 0 aromatic heterocycles. The lowest BCUT2D eigenvalue weighted by Gasteiger charge is -2.13. The molecule has 0 radical (unpaired) electrons. The van der Waals surface area contributed by atoms with Crippen LogP contribution in [0.1, 0.15) is 27.8 Å². The van der Waals surface area contributed by atoms with Gasteiger partial charge in [0, 0.05) is 5.02 Å². The van der Waals surface area contributed by atoms with Crippen LogP contribution < -0.4 is 14.9 Å². The third kappa shape index (κ3) is 6.58. The Hall–Kier alpha value is -2.83. The Morgan fingerprint density at radius 1 is 1.06 bits per heavy atom. The molecule has 0 heterocycles. The Labute approximate surface area is 201 Å². The highest BCUT2D eigenvalue weighted by molar-refractivity contribution is 9.10. The van der Waals surface area contributed by atoms with Crippen molar-refractivity contribution in [2.24, 2.45) is 5.10 Å². The van der Waals surface area contributed by atoms with Crippen LogP contribution in [0.15, 0.2) is 64.2 Å². The van der Waals surface area contributed by atoms with Gasteiger partial charge in [-0.05, 0) is 81.9 Å². The predicted molar refractivity (Wildman–Crippen MR) is 132 cm³/mol. The molecule has 0 atom stereocenters. The molecule has 3 rings (SSSR count). The third-order valence-electron chi connectivity index (χ3n) is 4.89. The highest BCUT2D eigenvalue weighted by atomic mass is 79.9. The molecule has 1 N–H and O–H groups in total. The summed E-state index contributed by atoms with van der Waals surface area (Å²) >= 11 is 9.45. The van der Waals surface area contributed by atoms with E-state index in [-0.39, 0.29) is 12.3 Å². The van der Waals surface area contributed by atoms with Crippen molar-refractivity contribution in [3.63, 3.8) is 0 Å². The van der Waals surface area contributed by atoms with Crippen LogP contribution in [0.25, 0.3) is 0 Å². The maximum atomic E-state index is 12.2. The Balaban J connectivity index is 1.62. The summed E-state index contributed by atoms with van der Waals surface area (Å²) in [6, 6.07) is 17.1. The van der Waals surface area contributed by atoms with Crippen LogP contribution in [-0.2, 0) is 17.8 Å². The van der Waals surface area contributed by atoms with E-state index in [1.807, 2.05) is 62.4 Å². The van der Waals surface area contributed by atoms with Gasteiger partial charge in [0.1, 0.15) is 6.61 Å². The Morgan fingerprint density at radius 2 is 1.78 bits per heavy atom. The first kappa shape index (κ1) is 23.8. The molecular weight excluding hydrogens is 492 g/mol. The fourth-order valence-electron chi connectivity index (χ4n) is 3.01. The Morgan fingerprint density at radius 3 is 2.47 bits per heavy atom. The van der Waals surface area contributed by atoms with Gasteiger partial charge in [0.25, 0.3) is 0 Å². The highest BCUT2D eigenvalue weighted by Crippen LogP contribution is 2.36. The minimum absolute atomic E-state index is 0.182. The van der Waals surface area contributed by atoms with Gasteiger partial charge in [-0.25, -0.2) is 5.43 Å². The topological polar surface area (TPSA) is 59.9 Å². The van der Waals surface area contributed by atoms with Gasteiger partial charge in [-0.1, -0.05) is 41.9 Å². The fraction of sp³-hybridized carbons (Fsp3) is 0.200. The van der Waals surface area contributed by atoms with E-state index in [0.717, 1.165) is 22.3 Å². The van der Waals surface area contributed by atoms with Crippen molar-refractivity contribution < 1.29 is 14.3 Å². The van der Waals surface area contributed by atoms with Crippen LogP contribution in [-0.4, -0.2) is 19.2 Å². The first-order valence-electron chi connectivity index (χ1n) is 9.98. The summed E-state index contributed by atoms with van der Waals surface area (Å²) in [4.78, 5) is 12.2. The second-order valence-electron chi connectivity index (χ2n) is 7.34. The molecule has 0 aliphatic carbocycles. The van der Waals surface area contributed by atoms with Crippen LogP contribution in [0.5, 0.6) is 11.5 Å². The van der Waals surface area contributed by atoms with Gasteiger partial charge in [0.05, 0.1) is 24.2 Å². The molecule has 7 heteroatoms. The molecule has 0 spiro atoms. The number of nitrogens with one attached hydrogen (secondary N) is 1. The number of ether oxygens (including phenoxy) is 2. The summed E-state index contributed by atoms with van der Waals surface area (Å²) in [5.74, 6) is 0.952. The summed E-state index contributed by atoms with van der Waals surface area (Å²) in [7, 11) is 1.57. The molecule has 3 aromatic carbocycles. The number of rotatable bonds is 8. The number of carbonyl (C=O) groups excluding carboxylic acids is 1. The number of benzene rings is 3. The standard InChI is InChI=1S/C25H24BrClN2O3/c1-16-4-5-19(10-17(16)2)13-24(30)29-28-14-20-11-22(26)25(23(12-20)31-3)32-15-18-6-8-21(27)9-7-18/h4-12,14H,13,15H2,1-3H3,(H,29,30)/b28-14-. The van der Waals surface area contributed by atoms with Crippen LogP contribution in [0.2, 0.25) is 5.02 Å². The molecule has 0 aliphatic rings. The minimum Gasteiger partial charge on any atom is -0.493 e. The lowest BCUT2D eigenvalue weighted by Crippen LogP contribution is -2.19. The summed E-state index contributed by atoms with van der Waals surface area (Å²) in [5.41, 5.74) is 7.62. The van der Waals surface area contributed by atoms with Crippen LogP contribution in [0.3, 0.4) is 0 Å². The van der Waals surface area contributed by atoms with E-state index in [9.17, 15) is 4.79 Å². The zero-order valence-electron chi connectivity index (χ0n) is 18.1. The van der Waals surface area contributed by atoms with Crippen LogP contribution in [0.4, 0.5) is 0 Å².